The number of anilines is 2. The van der Waals surface area contributed by atoms with Crippen LogP contribution < -0.4 is 20.9 Å². The number of primary sulfonamides is 1. The first-order valence-electron chi connectivity index (χ1n) is 6.20. The SMILES string of the molecule is COc1ccccc1CNc1ccc(S(N)(=O)=O)cc1N. The van der Waals surface area contributed by atoms with Gasteiger partial charge in [0.2, 0.25) is 10.0 Å². The molecule has 6 nitrogen and oxygen atoms in total. The van der Waals surface area contributed by atoms with Gasteiger partial charge in [0.05, 0.1) is 23.4 Å². The predicted molar refractivity (Wildman–Crippen MR) is 82.5 cm³/mol. The molecule has 0 bridgehead atoms. The molecule has 0 heterocycles. The Morgan fingerprint density at radius 3 is 2.52 bits per heavy atom. The molecule has 0 aliphatic rings. The van der Waals surface area contributed by atoms with E-state index in [4.69, 9.17) is 15.6 Å². The van der Waals surface area contributed by atoms with Gasteiger partial charge in [0.15, 0.2) is 0 Å². The molecule has 2 rings (SSSR count). The van der Waals surface area contributed by atoms with Crippen LogP contribution >= 0.6 is 0 Å². The number of hydrogen-bond donors (Lipinski definition) is 3. The predicted octanol–water partition coefficient (Wildman–Crippen LogP) is 1.54. The van der Waals surface area contributed by atoms with Gasteiger partial charge in [0.1, 0.15) is 5.75 Å². The maximum atomic E-state index is 11.2. The van der Waals surface area contributed by atoms with E-state index < -0.39 is 10.0 Å². The highest BCUT2D eigenvalue weighted by Gasteiger charge is 2.10. The van der Waals surface area contributed by atoms with Crippen molar-refractivity contribution in [2.24, 2.45) is 5.14 Å². The van der Waals surface area contributed by atoms with Gasteiger partial charge in [-0.3, -0.25) is 0 Å². The van der Waals surface area contributed by atoms with Crippen molar-refractivity contribution < 1.29 is 13.2 Å². The highest BCUT2D eigenvalue weighted by atomic mass is 32.2. The average Bonchev–Trinajstić information content (AvgIpc) is 2.45. The summed E-state index contributed by atoms with van der Waals surface area (Å²) in [6.07, 6.45) is 0. The van der Waals surface area contributed by atoms with Crippen molar-refractivity contribution in [1.82, 2.24) is 0 Å². The van der Waals surface area contributed by atoms with E-state index in [1.807, 2.05) is 24.3 Å². The Bertz CT molecular complexity index is 745. The summed E-state index contributed by atoms with van der Waals surface area (Å²) in [6, 6.07) is 11.9. The van der Waals surface area contributed by atoms with E-state index in [0.717, 1.165) is 11.3 Å². The number of rotatable bonds is 5. The van der Waals surface area contributed by atoms with Crippen LogP contribution in [0.4, 0.5) is 11.4 Å². The highest BCUT2D eigenvalue weighted by molar-refractivity contribution is 7.89. The van der Waals surface area contributed by atoms with E-state index >= 15 is 0 Å². The molecule has 7 heteroatoms. The van der Waals surface area contributed by atoms with E-state index in [1.54, 1.807) is 13.2 Å². The van der Waals surface area contributed by atoms with Crippen LogP contribution in [0.25, 0.3) is 0 Å². The molecule has 0 amide bonds. The lowest BCUT2D eigenvalue weighted by Gasteiger charge is -2.12. The fourth-order valence-corrected chi connectivity index (χ4v) is 2.47. The van der Waals surface area contributed by atoms with Gasteiger partial charge in [-0.05, 0) is 24.3 Å². The smallest absolute Gasteiger partial charge is 0.238 e. The molecule has 2 aromatic rings. The molecule has 5 N–H and O–H groups in total. The third kappa shape index (κ3) is 3.65. The minimum atomic E-state index is -3.75. The number of nitrogens with one attached hydrogen (secondary N) is 1. The number of ether oxygens (including phenoxy) is 1. The maximum Gasteiger partial charge on any atom is 0.238 e. The second kappa shape index (κ2) is 6.02. The van der Waals surface area contributed by atoms with Crippen LogP contribution in [0.5, 0.6) is 5.75 Å². The molecule has 112 valence electrons. The van der Waals surface area contributed by atoms with Crippen LogP contribution in [0.1, 0.15) is 5.56 Å². The number of para-hydroxylation sites is 1. The Labute approximate surface area is 123 Å². The first kappa shape index (κ1) is 15.1. The lowest BCUT2D eigenvalue weighted by Crippen LogP contribution is -2.13. The quantitative estimate of drug-likeness (QED) is 0.726. The van der Waals surface area contributed by atoms with Crippen LogP contribution in [0.2, 0.25) is 0 Å². The standard InChI is InChI=1S/C14H17N3O3S/c1-20-14-5-3-2-4-10(14)9-17-13-7-6-11(8-12(13)15)21(16,18)19/h2-8,17H,9,15H2,1H3,(H2,16,18,19). The average molecular weight is 307 g/mol. The molecular weight excluding hydrogens is 290 g/mol. The van der Waals surface area contributed by atoms with Crippen LogP contribution in [0, 0.1) is 0 Å². The second-order valence-corrected chi connectivity index (χ2v) is 6.02. The fourth-order valence-electron chi connectivity index (χ4n) is 1.92. The number of nitrogens with two attached hydrogens (primary N) is 2. The number of sulfonamides is 1. The van der Waals surface area contributed by atoms with Gasteiger partial charge in [0.25, 0.3) is 0 Å². The number of nitrogen functional groups attached to an aromatic ring is 1. The highest BCUT2D eigenvalue weighted by Crippen LogP contribution is 2.24. The first-order valence-corrected chi connectivity index (χ1v) is 7.74. The Morgan fingerprint density at radius 2 is 1.90 bits per heavy atom. The van der Waals surface area contributed by atoms with Crippen molar-refractivity contribution in [1.29, 1.82) is 0 Å². The largest absolute Gasteiger partial charge is 0.496 e. The maximum absolute atomic E-state index is 11.2. The monoisotopic (exact) mass is 307 g/mol. The summed E-state index contributed by atoms with van der Waals surface area (Å²) >= 11 is 0. The zero-order valence-corrected chi connectivity index (χ0v) is 12.4. The van der Waals surface area contributed by atoms with Gasteiger partial charge in [-0.25, -0.2) is 13.6 Å². The summed E-state index contributed by atoms with van der Waals surface area (Å²) < 4.78 is 27.7. The topological polar surface area (TPSA) is 107 Å². The summed E-state index contributed by atoms with van der Waals surface area (Å²) in [6.45, 7) is 0.503. The Kier molecular flexibility index (Phi) is 4.35. The Balaban J connectivity index is 2.17. The normalized spacial score (nSPS) is 11.1. The number of hydrogen-bond acceptors (Lipinski definition) is 5. The molecule has 0 saturated heterocycles. The Hall–Kier alpha value is -2.25. The van der Waals surface area contributed by atoms with Crippen LogP contribution in [0.3, 0.4) is 0 Å². The summed E-state index contributed by atoms with van der Waals surface area (Å²) in [5.41, 5.74) is 7.76. The molecule has 21 heavy (non-hydrogen) atoms. The molecular formula is C14H17N3O3S. The fraction of sp³-hybridized carbons (Fsp3) is 0.143. The molecule has 0 aromatic heterocycles. The molecule has 0 unspecified atom stereocenters. The van der Waals surface area contributed by atoms with Crippen molar-refractivity contribution in [3.05, 3.63) is 48.0 Å². The minimum Gasteiger partial charge on any atom is -0.496 e. The molecule has 0 aliphatic heterocycles. The van der Waals surface area contributed by atoms with Gasteiger partial charge in [-0.1, -0.05) is 18.2 Å². The molecule has 2 aromatic carbocycles. The molecule has 0 atom stereocenters. The van der Waals surface area contributed by atoms with Gasteiger partial charge in [0, 0.05) is 12.1 Å². The third-order valence-electron chi connectivity index (χ3n) is 3.01. The first-order chi connectivity index (χ1) is 9.91. The minimum absolute atomic E-state index is 0.0113. The number of benzene rings is 2. The molecule has 0 saturated carbocycles. The van der Waals surface area contributed by atoms with E-state index in [1.165, 1.54) is 12.1 Å². The van der Waals surface area contributed by atoms with E-state index in [9.17, 15) is 8.42 Å². The zero-order chi connectivity index (χ0) is 15.5. The van der Waals surface area contributed by atoms with Crippen molar-refractivity contribution in [3.8, 4) is 5.75 Å². The van der Waals surface area contributed by atoms with Gasteiger partial charge >= 0.3 is 0 Å². The van der Waals surface area contributed by atoms with E-state index in [-0.39, 0.29) is 4.90 Å². The van der Waals surface area contributed by atoms with E-state index in [0.29, 0.717) is 17.9 Å². The molecule has 0 radical (unpaired) electrons. The van der Waals surface area contributed by atoms with Gasteiger partial charge < -0.3 is 15.8 Å². The summed E-state index contributed by atoms with van der Waals surface area (Å²) in [5, 5.41) is 8.20. The van der Waals surface area contributed by atoms with Crippen molar-refractivity contribution in [2.45, 2.75) is 11.4 Å². The van der Waals surface area contributed by atoms with Gasteiger partial charge in [-0.2, -0.15) is 0 Å². The number of methoxy groups -OCH3 is 1. The van der Waals surface area contributed by atoms with E-state index in [2.05, 4.69) is 5.32 Å². The molecule has 0 aliphatic carbocycles. The van der Waals surface area contributed by atoms with Gasteiger partial charge in [-0.15, -0.1) is 0 Å². The molecule has 0 spiro atoms. The van der Waals surface area contributed by atoms with Crippen molar-refractivity contribution >= 4 is 21.4 Å². The lowest BCUT2D eigenvalue weighted by molar-refractivity contribution is 0.410. The molecule has 0 fully saturated rings. The Morgan fingerprint density at radius 1 is 1.19 bits per heavy atom. The second-order valence-electron chi connectivity index (χ2n) is 4.46. The van der Waals surface area contributed by atoms with Crippen LogP contribution in [-0.4, -0.2) is 15.5 Å². The third-order valence-corrected chi connectivity index (χ3v) is 3.92. The van der Waals surface area contributed by atoms with Crippen molar-refractivity contribution in [3.63, 3.8) is 0 Å². The van der Waals surface area contributed by atoms with Crippen molar-refractivity contribution in [2.75, 3.05) is 18.2 Å². The lowest BCUT2D eigenvalue weighted by atomic mass is 10.2. The summed E-state index contributed by atoms with van der Waals surface area (Å²) in [4.78, 5) is -0.0113. The van der Waals surface area contributed by atoms with Crippen LogP contribution in [0.15, 0.2) is 47.4 Å². The zero-order valence-electron chi connectivity index (χ0n) is 11.5. The summed E-state index contributed by atoms with van der Waals surface area (Å²) in [7, 11) is -2.14. The summed E-state index contributed by atoms with van der Waals surface area (Å²) in [5.74, 6) is 0.768. The van der Waals surface area contributed by atoms with Crippen LogP contribution in [-0.2, 0) is 16.6 Å².